The molecular formula is C9H13NO2S. The minimum Gasteiger partial charge on any atom is -0.465 e. The Morgan fingerprint density at radius 1 is 1.69 bits per heavy atom. The second-order valence-electron chi connectivity index (χ2n) is 2.68. The van der Waals surface area contributed by atoms with Gasteiger partial charge in [-0.2, -0.15) is 0 Å². The molecule has 0 saturated carbocycles. The molecule has 1 aromatic rings. The van der Waals surface area contributed by atoms with E-state index in [0.29, 0.717) is 13.0 Å². The summed E-state index contributed by atoms with van der Waals surface area (Å²) in [5.41, 5.74) is 2.85. The summed E-state index contributed by atoms with van der Waals surface area (Å²) in [6.45, 7) is 4.25. The first-order chi connectivity index (χ1) is 6.24. The van der Waals surface area contributed by atoms with Crippen molar-refractivity contribution in [2.75, 3.05) is 6.61 Å². The Bertz CT molecular complexity index is 283. The van der Waals surface area contributed by atoms with Crippen LogP contribution in [0.2, 0.25) is 0 Å². The molecule has 0 aliphatic heterocycles. The van der Waals surface area contributed by atoms with Crippen LogP contribution in [0.15, 0.2) is 5.51 Å². The molecule has 0 spiro atoms. The molecule has 0 saturated heterocycles. The second-order valence-corrected chi connectivity index (χ2v) is 3.74. The van der Waals surface area contributed by atoms with Crippen LogP contribution in [0, 0.1) is 6.92 Å². The highest BCUT2D eigenvalue weighted by atomic mass is 32.1. The lowest BCUT2D eigenvalue weighted by Crippen LogP contribution is -2.06. The highest BCUT2D eigenvalue weighted by molar-refractivity contribution is 7.09. The minimum absolute atomic E-state index is 0.145. The number of carbonyl (C=O) groups excluding carboxylic acids is 1. The summed E-state index contributed by atoms with van der Waals surface area (Å²) < 4.78 is 4.95. The van der Waals surface area contributed by atoms with Gasteiger partial charge in [-0.25, -0.2) is 4.98 Å². The predicted molar refractivity (Wildman–Crippen MR) is 51.8 cm³/mol. The van der Waals surface area contributed by atoms with Crippen molar-refractivity contribution in [1.82, 2.24) is 4.98 Å². The van der Waals surface area contributed by atoms with E-state index >= 15 is 0 Å². The van der Waals surface area contributed by atoms with Crippen LogP contribution >= 0.6 is 11.3 Å². The number of hydrogen-bond acceptors (Lipinski definition) is 4. The fraction of sp³-hybridized carbons (Fsp3) is 0.556. The van der Waals surface area contributed by atoms with Gasteiger partial charge in [-0.15, -0.1) is 11.3 Å². The van der Waals surface area contributed by atoms with Crippen LogP contribution in [-0.2, 0) is 16.0 Å². The molecule has 0 atom stereocenters. The van der Waals surface area contributed by atoms with Gasteiger partial charge in [0, 0.05) is 17.7 Å². The first-order valence-corrected chi connectivity index (χ1v) is 5.16. The van der Waals surface area contributed by atoms with Gasteiger partial charge in [-0.3, -0.25) is 4.79 Å². The van der Waals surface area contributed by atoms with Crippen molar-refractivity contribution >= 4 is 17.3 Å². The summed E-state index contributed by atoms with van der Waals surface area (Å²) in [7, 11) is 0. The molecular weight excluding hydrogens is 186 g/mol. The van der Waals surface area contributed by atoms with Crippen LogP contribution in [0.3, 0.4) is 0 Å². The van der Waals surface area contributed by atoms with Gasteiger partial charge >= 0.3 is 5.97 Å². The lowest BCUT2D eigenvalue weighted by molar-refractivity contribution is -0.143. The van der Waals surface area contributed by atoms with Gasteiger partial charge in [-0.05, 0) is 6.92 Å². The van der Waals surface area contributed by atoms with E-state index in [2.05, 4.69) is 4.98 Å². The van der Waals surface area contributed by atoms with Crippen molar-refractivity contribution in [2.24, 2.45) is 0 Å². The average Bonchev–Trinajstić information content (AvgIpc) is 2.52. The minimum atomic E-state index is -0.145. The Labute approximate surface area is 81.8 Å². The molecule has 0 radical (unpaired) electrons. The van der Waals surface area contributed by atoms with E-state index in [-0.39, 0.29) is 5.97 Å². The normalized spacial score (nSPS) is 10.0. The van der Waals surface area contributed by atoms with E-state index in [4.69, 9.17) is 4.74 Å². The lowest BCUT2D eigenvalue weighted by Gasteiger charge is -2.01. The van der Waals surface area contributed by atoms with Gasteiger partial charge < -0.3 is 4.74 Å². The Morgan fingerprint density at radius 3 is 3.00 bits per heavy atom. The van der Waals surface area contributed by atoms with Gasteiger partial charge in [0.15, 0.2) is 0 Å². The molecule has 0 aliphatic rings. The third-order valence-electron chi connectivity index (χ3n) is 1.74. The lowest BCUT2D eigenvalue weighted by atomic mass is 10.3. The Morgan fingerprint density at radius 2 is 2.46 bits per heavy atom. The van der Waals surface area contributed by atoms with E-state index in [9.17, 15) is 4.79 Å². The Balaban J connectivity index is 2.28. The molecule has 1 heterocycles. The third-order valence-corrected chi connectivity index (χ3v) is 2.54. The van der Waals surface area contributed by atoms with Crippen molar-refractivity contribution in [3.63, 3.8) is 0 Å². The van der Waals surface area contributed by atoms with E-state index in [0.717, 1.165) is 12.1 Å². The number of aromatic nitrogens is 1. The molecule has 0 N–H and O–H groups in total. The summed E-state index contributed by atoms with van der Waals surface area (Å²) >= 11 is 1.62. The SMILES string of the molecule is CCC(=O)OCCc1ncsc1C. The standard InChI is InChI=1S/C9H13NO2S/c1-3-9(11)12-5-4-8-7(2)13-6-10-8/h6H,3-5H2,1-2H3. The first kappa shape index (κ1) is 10.2. The van der Waals surface area contributed by atoms with Gasteiger partial charge in [0.05, 0.1) is 17.8 Å². The van der Waals surface area contributed by atoms with Gasteiger partial charge in [0.2, 0.25) is 0 Å². The number of carbonyl (C=O) groups is 1. The molecule has 4 heteroatoms. The van der Waals surface area contributed by atoms with Gasteiger partial charge in [0.25, 0.3) is 0 Å². The molecule has 0 amide bonds. The van der Waals surface area contributed by atoms with Crippen molar-refractivity contribution in [3.8, 4) is 0 Å². The van der Waals surface area contributed by atoms with Crippen molar-refractivity contribution in [3.05, 3.63) is 16.1 Å². The second kappa shape index (κ2) is 4.97. The van der Waals surface area contributed by atoms with Gasteiger partial charge in [0.1, 0.15) is 0 Å². The predicted octanol–water partition coefficient (Wildman–Crippen LogP) is 1.95. The van der Waals surface area contributed by atoms with E-state index in [1.54, 1.807) is 18.3 Å². The summed E-state index contributed by atoms with van der Waals surface area (Å²) in [6, 6.07) is 0. The molecule has 0 aromatic carbocycles. The largest absolute Gasteiger partial charge is 0.465 e. The van der Waals surface area contributed by atoms with E-state index in [1.165, 1.54) is 4.88 Å². The monoisotopic (exact) mass is 199 g/mol. The fourth-order valence-electron chi connectivity index (χ4n) is 0.932. The highest BCUT2D eigenvalue weighted by Crippen LogP contribution is 2.11. The van der Waals surface area contributed by atoms with Crippen LogP contribution < -0.4 is 0 Å². The number of hydrogen-bond donors (Lipinski definition) is 0. The van der Waals surface area contributed by atoms with E-state index in [1.807, 2.05) is 12.4 Å². The zero-order valence-electron chi connectivity index (χ0n) is 7.87. The quantitative estimate of drug-likeness (QED) is 0.696. The molecule has 72 valence electrons. The Kier molecular flexibility index (Phi) is 3.89. The summed E-state index contributed by atoms with van der Waals surface area (Å²) in [6.07, 6.45) is 1.16. The highest BCUT2D eigenvalue weighted by Gasteiger charge is 2.03. The number of rotatable bonds is 4. The zero-order chi connectivity index (χ0) is 9.68. The molecule has 13 heavy (non-hydrogen) atoms. The summed E-state index contributed by atoms with van der Waals surface area (Å²) in [5, 5.41) is 0. The Hall–Kier alpha value is -0.900. The van der Waals surface area contributed by atoms with Gasteiger partial charge in [-0.1, -0.05) is 6.92 Å². The number of nitrogens with zero attached hydrogens (tertiary/aromatic N) is 1. The van der Waals surface area contributed by atoms with Crippen molar-refractivity contribution in [1.29, 1.82) is 0 Å². The van der Waals surface area contributed by atoms with Crippen LogP contribution in [0.4, 0.5) is 0 Å². The molecule has 1 aromatic heterocycles. The number of thiazole rings is 1. The molecule has 1 rings (SSSR count). The molecule has 3 nitrogen and oxygen atoms in total. The third kappa shape index (κ3) is 3.14. The molecule has 0 bridgehead atoms. The fourth-order valence-corrected chi connectivity index (χ4v) is 1.56. The summed E-state index contributed by atoms with van der Waals surface area (Å²) in [4.78, 5) is 16.2. The number of ether oxygens (including phenoxy) is 1. The maximum absolute atomic E-state index is 10.8. The van der Waals surface area contributed by atoms with Crippen LogP contribution in [0.5, 0.6) is 0 Å². The number of esters is 1. The number of aryl methyl sites for hydroxylation is 1. The van der Waals surface area contributed by atoms with Crippen LogP contribution in [-0.4, -0.2) is 17.6 Å². The maximum atomic E-state index is 10.8. The van der Waals surface area contributed by atoms with E-state index < -0.39 is 0 Å². The molecule has 0 aliphatic carbocycles. The van der Waals surface area contributed by atoms with Crippen LogP contribution in [0.25, 0.3) is 0 Å². The zero-order valence-corrected chi connectivity index (χ0v) is 8.69. The average molecular weight is 199 g/mol. The summed E-state index contributed by atoms with van der Waals surface area (Å²) in [5.74, 6) is -0.145. The van der Waals surface area contributed by atoms with Crippen molar-refractivity contribution in [2.45, 2.75) is 26.7 Å². The molecule has 0 fully saturated rings. The van der Waals surface area contributed by atoms with Crippen molar-refractivity contribution < 1.29 is 9.53 Å². The molecule has 0 unspecified atom stereocenters. The maximum Gasteiger partial charge on any atom is 0.305 e. The topological polar surface area (TPSA) is 39.2 Å². The first-order valence-electron chi connectivity index (χ1n) is 4.28. The smallest absolute Gasteiger partial charge is 0.305 e. The van der Waals surface area contributed by atoms with Crippen LogP contribution in [0.1, 0.15) is 23.9 Å².